The molecule has 0 aromatic rings. The third-order valence-electron chi connectivity index (χ3n) is 1.70. The van der Waals surface area contributed by atoms with Crippen molar-refractivity contribution < 1.29 is 24.2 Å². The molecule has 4 N–H and O–H groups in total. The van der Waals surface area contributed by atoms with Gasteiger partial charge in [-0.3, -0.25) is 9.59 Å². The number of hydrogen-bond acceptors (Lipinski definition) is 5. The molecule has 2 amide bonds. The molecule has 0 radical (unpaired) electrons. The zero-order valence-electron chi connectivity index (χ0n) is 9.47. The summed E-state index contributed by atoms with van der Waals surface area (Å²) in [6, 6.07) is -1.26. The van der Waals surface area contributed by atoms with E-state index in [0.717, 1.165) is 0 Å². The molecule has 7 nitrogen and oxygen atoms in total. The number of primary amides is 1. The summed E-state index contributed by atoms with van der Waals surface area (Å²) in [6.45, 7) is 0.515. The van der Waals surface area contributed by atoms with E-state index in [1.165, 1.54) is 11.8 Å². The molecule has 0 spiro atoms. The fourth-order valence-electron chi connectivity index (χ4n) is 0.944. The highest BCUT2D eigenvalue weighted by molar-refractivity contribution is 7.99. The average molecular weight is 264 g/mol. The molecule has 0 fully saturated rings. The molecule has 0 aliphatic carbocycles. The SMILES string of the molecule is COCCSCC(=O)NC(CC(N)=O)C(=O)O. The van der Waals surface area contributed by atoms with Crippen LogP contribution in [0.25, 0.3) is 0 Å². The van der Waals surface area contributed by atoms with E-state index in [9.17, 15) is 14.4 Å². The Morgan fingerprint density at radius 1 is 1.47 bits per heavy atom. The molecule has 17 heavy (non-hydrogen) atoms. The Balaban J connectivity index is 3.96. The summed E-state index contributed by atoms with van der Waals surface area (Å²) >= 11 is 1.31. The standard InChI is InChI=1S/C9H16N2O5S/c1-16-2-3-17-5-8(13)11-6(9(14)15)4-7(10)12/h6H,2-5H2,1H3,(H2,10,12)(H,11,13)(H,14,15). The van der Waals surface area contributed by atoms with E-state index in [4.69, 9.17) is 15.6 Å². The molecule has 98 valence electrons. The molecule has 0 rings (SSSR count). The Labute approximate surface area is 103 Å². The van der Waals surface area contributed by atoms with Crippen LogP contribution >= 0.6 is 11.8 Å². The number of nitrogens with two attached hydrogens (primary N) is 1. The van der Waals surface area contributed by atoms with Crippen LogP contribution in [-0.2, 0) is 19.1 Å². The highest BCUT2D eigenvalue weighted by Crippen LogP contribution is 2.00. The first kappa shape index (κ1) is 15.7. The minimum absolute atomic E-state index is 0.117. The summed E-state index contributed by atoms with van der Waals surface area (Å²) in [4.78, 5) is 32.6. The van der Waals surface area contributed by atoms with Gasteiger partial charge in [0.05, 0.1) is 18.8 Å². The lowest BCUT2D eigenvalue weighted by molar-refractivity contribution is -0.143. The maximum Gasteiger partial charge on any atom is 0.326 e. The van der Waals surface area contributed by atoms with Gasteiger partial charge < -0.3 is 20.9 Å². The lowest BCUT2D eigenvalue weighted by atomic mass is 10.2. The van der Waals surface area contributed by atoms with E-state index in [1.807, 2.05) is 0 Å². The van der Waals surface area contributed by atoms with Gasteiger partial charge in [0, 0.05) is 12.9 Å². The van der Waals surface area contributed by atoms with Gasteiger partial charge in [-0.05, 0) is 0 Å². The summed E-state index contributed by atoms with van der Waals surface area (Å²) < 4.78 is 4.79. The predicted octanol–water partition coefficient (Wildman–Crippen LogP) is -1.19. The molecule has 0 saturated heterocycles. The van der Waals surface area contributed by atoms with Crippen molar-refractivity contribution in [3.63, 3.8) is 0 Å². The summed E-state index contributed by atoms with van der Waals surface area (Å²) in [6.07, 6.45) is -0.413. The molecule has 0 heterocycles. The third-order valence-corrected chi connectivity index (χ3v) is 2.63. The molecule has 0 aromatic heterocycles. The van der Waals surface area contributed by atoms with Crippen LogP contribution in [0.5, 0.6) is 0 Å². The van der Waals surface area contributed by atoms with Crippen molar-refractivity contribution in [1.29, 1.82) is 0 Å². The van der Waals surface area contributed by atoms with E-state index in [0.29, 0.717) is 12.4 Å². The Morgan fingerprint density at radius 2 is 2.12 bits per heavy atom. The number of nitrogens with one attached hydrogen (secondary N) is 1. The first-order chi connectivity index (χ1) is 7.97. The van der Waals surface area contributed by atoms with Gasteiger partial charge in [-0.2, -0.15) is 0 Å². The van der Waals surface area contributed by atoms with Gasteiger partial charge in [-0.15, -0.1) is 11.8 Å². The van der Waals surface area contributed by atoms with Crippen molar-refractivity contribution in [3.8, 4) is 0 Å². The van der Waals surface area contributed by atoms with Gasteiger partial charge in [0.25, 0.3) is 0 Å². The zero-order chi connectivity index (χ0) is 13.3. The predicted molar refractivity (Wildman–Crippen MR) is 62.6 cm³/mol. The largest absolute Gasteiger partial charge is 0.480 e. The van der Waals surface area contributed by atoms with Gasteiger partial charge >= 0.3 is 5.97 Å². The van der Waals surface area contributed by atoms with Crippen molar-refractivity contribution in [2.24, 2.45) is 5.73 Å². The molecule has 1 unspecified atom stereocenters. The molecular weight excluding hydrogens is 248 g/mol. The van der Waals surface area contributed by atoms with Crippen LogP contribution in [0.1, 0.15) is 6.42 Å². The number of rotatable bonds is 9. The molecule has 0 aromatic carbocycles. The number of hydrogen-bond donors (Lipinski definition) is 3. The van der Waals surface area contributed by atoms with Crippen molar-refractivity contribution in [1.82, 2.24) is 5.32 Å². The van der Waals surface area contributed by atoms with Gasteiger partial charge in [-0.1, -0.05) is 0 Å². The second-order valence-electron chi connectivity index (χ2n) is 3.17. The van der Waals surface area contributed by atoms with E-state index >= 15 is 0 Å². The van der Waals surface area contributed by atoms with Gasteiger partial charge in [0.2, 0.25) is 11.8 Å². The number of aliphatic carboxylic acids is 1. The molecule has 1 atom stereocenters. The zero-order valence-corrected chi connectivity index (χ0v) is 10.3. The van der Waals surface area contributed by atoms with Crippen LogP contribution in [0.2, 0.25) is 0 Å². The minimum Gasteiger partial charge on any atom is -0.480 e. The van der Waals surface area contributed by atoms with E-state index < -0.39 is 30.2 Å². The van der Waals surface area contributed by atoms with Crippen molar-refractivity contribution >= 4 is 29.5 Å². The van der Waals surface area contributed by atoms with Crippen LogP contribution in [0.15, 0.2) is 0 Å². The molecule has 8 heteroatoms. The Morgan fingerprint density at radius 3 is 2.59 bits per heavy atom. The Kier molecular flexibility index (Phi) is 8.16. The van der Waals surface area contributed by atoms with Gasteiger partial charge in [-0.25, -0.2) is 4.79 Å². The van der Waals surface area contributed by atoms with Crippen molar-refractivity contribution in [3.05, 3.63) is 0 Å². The highest BCUT2D eigenvalue weighted by Gasteiger charge is 2.21. The van der Waals surface area contributed by atoms with Crippen LogP contribution in [-0.4, -0.2) is 54.2 Å². The maximum absolute atomic E-state index is 11.3. The summed E-state index contributed by atoms with van der Waals surface area (Å²) in [5.74, 6) is -1.74. The Hall–Kier alpha value is -1.28. The van der Waals surface area contributed by atoms with Crippen LogP contribution in [0.3, 0.4) is 0 Å². The highest BCUT2D eigenvalue weighted by atomic mass is 32.2. The lowest BCUT2D eigenvalue weighted by Gasteiger charge is -2.12. The maximum atomic E-state index is 11.3. The van der Waals surface area contributed by atoms with E-state index in [-0.39, 0.29) is 5.75 Å². The van der Waals surface area contributed by atoms with E-state index in [2.05, 4.69) is 5.32 Å². The lowest BCUT2D eigenvalue weighted by Crippen LogP contribution is -2.44. The average Bonchev–Trinajstić information content (AvgIpc) is 2.22. The number of carbonyl (C=O) groups is 3. The van der Waals surface area contributed by atoms with Gasteiger partial charge in [0.1, 0.15) is 6.04 Å². The number of ether oxygens (including phenoxy) is 1. The number of methoxy groups -OCH3 is 1. The minimum atomic E-state index is -1.28. The van der Waals surface area contributed by atoms with Crippen molar-refractivity contribution in [2.75, 3.05) is 25.2 Å². The van der Waals surface area contributed by atoms with Crippen LogP contribution in [0.4, 0.5) is 0 Å². The third kappa shape index (κ3) is 8.52. The fraction of sp³-hybridized carbons (Fsp3) is 0.667. The normalized spacial score (nSPS) is 11.8. The first-order valence-electron chi connectivity index (χ1n) is 4.84. The number of carbonyl (C=O) groups excluding carboxylic acids is 2. The second-order valence-corrected chi connectivity index (χ2v) is 4.28. The molecule has 0 saturated carbocycles. The smallest absolute Gasteiger partial charge is 0.326 e. The van der Waals surface area contributed by atoms with Crippen LogP contribution in [0, 0.1) is 0 Å². The quantitative estimate of drug-likeness (QED) is 0.451. The number of amides is 2. The first-order valence-corrected chi connectivity index (χ1v) is 6.00. The molecule has 0 aliphatic heterocycles. The molecular formula is C9H16N2O5S. The topological polar surface area (TPSA) is 119 Å². The van der Waals surface area contributed by atoms with Crippen LogP contribution < -0.4 is 11.1 Å². The molecule has 0 bridgehead atoms. The number of carboxylic acids is 1. The number of thioether (sulfide) groups is 1. The number of carboxylic acid groups (broad SMARTS) is 1. The Bertz CT molecular complexity index is 285. The van der Waals surface area contributed by atoms with Gasteiger partial charge in [0.15, 0.2) is 0 Å². The van der Waals surface area contributed by atoms with E-state index in [1.54, 1.807) is 7.11 Å². The second kappa shape index (κ2) is 8.82. The van der Waals surface area contributed by atoms with Crippen molar-refractivity contribution in [2.45, 2.75) is 12.5 Å². The summed E-state index contributed by atoms with van der Waals surface area (Å²) in [5, 5.41) is 11.0. The fourth-order valence-corrected chi connectivity index (χ4v) is 1.64. The monoisotopic (exact) mass is 264 g/mol. The summed E-state index contributed by atoms with van der Waals surface area (Å²) in [5.41, 5.74) is 4.87. The summed E-state index contributed by atoms with van der Waals surface area (Å²) in [7, 11) is 1.55. The molecule has 0 aliphatic rings.